The van der Waals surface area contributed by atoms with E-state index >= 15 is 0 Å². The van der Waals surface area contributed by atoms with Crippen LogP contribution in [0.5, 0.6) is 11.5 Å². The van der Waals surface area contributed by atoms with Crippen LogP contribution in [0.25, 0.3) is 0 Å². The van der Waals surface area contributed by atoms with Crippen molar-refractivity contribution in [3.8, 4) is 11.5 Å². The molecule has 1 N–H and O–H groups in total. The molecule has 0 bridgehead atoms. The summed E-state index contributed by atoms with van der Waals surface area (Å²) < 4.78 is 36.9. The maximum absolute atomic E-state index is 13.6. The first-order valence-electron chi connectivity index (χ1n) is 11.1. The highest BCUT2D eigenvalue weighted by Crippen LogP contribution is 2.32. The van der Waals surface area contributed by atoms with Gasteiger partial charge in [-0.05, 0) is 43.2 Å². The molecule has 0 saturated carbocycles. The standard InChI is InChI=1S/C24H31Cl2N3O6S/c1-6-11-27-24(31)16(2)28(14-17-7-8-18(25)12-20(17)26)23(30)15-29(36(5,32)33)19-9-10-21(34-3)22(13-19)35-4/h7-10,12-13,16H,6,11,14-15H2,1-5H3,(H,27,31)/t16-/m1/s1. The minimum Gasteiger partial charge on any atom is -0.493 e. The summed E-state index contributed by atoms with van der Waals surface area (Å²) >= 11 is 12.3. The number of nitrogens with one attached hydrogen (secondary N) is 1. The number of nitrogens with zero attached hydrogens (tertiary/aromatic N) is 2. The van der Waals surface area contributed by atoms with Crippen molar-refractivity contribution in [2.24, 2.45) is 0 Å². The molecule has 1 atom stereocenters. The van der Waals surface area contributed by atoms with Gasteiger partial charge in [0.25, 0.3) is 0 Å². The number of carbonyl (C=O) groups is 2. The van der Waals surface area contributed by atoms with Crippen LogP contribution >= 0.6 is 23.2 Å². The molecular weight excluding hydrogens is 529 g/mol. The Bertz CT molecular complexity index is 1190. The molecule has 2 aromatic rings. The number of anilines is 1. The predicted molar refractivity (Wildman–Crippen MR) is 142 cm³/mol. The van der Waals surface area contributed by atoms with Gasteiger partial charge in [0.05, 0.1) is 26.2 Å². The van der Waals surface area contributed by atoms with E-state index in [1.165, 1.54) is 37.3 Å². The van der Waals surface area contributed by atoms with Crippen LogP contribution in [-0.2, 0) is 26.2 Å². The third-order valence-corrected chi connectivity index (χ3v) is 7.13. The Morgan fingerprint density at radius 1 is 1.06 bits per heavy atom. The summed E-state index contributed by atoms with van der Waals surface area (Å²) in [5.74, 6) is -0.262. The lowest BCUT2D eigenvalue weighted by Gasteiger charge is -2.31. The molecule has 0 saturated heterocycles. The number of benzene rings is 2. The van der Waals surface area contributed by atoms with Crippen molar-refractivity contribution in [3.05, 3.63) is 52.0 Å². The lowest BCUT2D eigenvalue weighted by atomic mass is 10.1. The van der Waals surface area contributed by atoms with Gasteiger partial charge in [0, 0.05) is 29.2 Å². The zero-order chi connectivity index (χ0) is 27.0. The van der Waals surface area contributed by atoms with Crippen LogP contribution in [0, 0.1) is 0 Å². The first-order valence-corrected chi connectivity index (χ1v) is 13.7. The molecular formula is C24H31Cl2N3O6S. The Kier molecular flexibility index (Phi) is 10.7. The Morgan fingerprint density at radius 3 is 2.28 bits per heavy atom. The second-order valence-corrected chi connectivity index (χ2v) is 10.8. The SMILES string of the molecule is CCCNC(=O)[C@@H](C)N(Cc1ccc(Cl)cc1Cl)C(=O)CN(c1ccc(OC)c(OC)c1)S(C)(=O)=O. The van der Waals surface area contributed by atoms with E-state index in [0.29, 0.717) is 33.7 Å². The summed E-state index contributed by atoms with van der Waals surface area (Å²) in [7, 11) is -1.01. The number of halogens is 2. The molecule has 198 valence electrons. The summed E-state index contributed by atoms with van der Waals surface area (Å²) in [5.41, 5.74) is 0.762. The van der Waals surface area contributed by atoms with Gasteiger partial charge < -0.3 is 19.7 Å². The minimum atomic E-state index is -3.89. The predicted octanol–water partition coefficient (Wildman–Crippen LogP) is 3.72. The van der Waals surface area contributed by atoms with Gasteiger partial charge in [-0.25, -0.2) is 8.42 Å². The summed E-state index contributed by atoms with van der Waals surface area (Å²) in [5, 5.41) is 3.51. The smallest absolute Gasteiger partial charge is 0.244 e. The van der Waals surface area contributed by atoms with Crippen LogP contribution in [0.1, 0.15) is 25.8 Å². The quantitative estimate of drug-likeness (QED) is 0.425. The largest absolute Gasteiger partial charge is 0.493 e. The van der Waals surface area contributed by atoms with Crippen LogP contribution in [0.15, 0.2) is 36.4 Å². The highest BCUT2D eigenvalue weighted by atomic mass is 35.5. The fourth-order valence-corrected chi connectivity index (χ4v) is 4.72. The van der Waals surface area contributed by atoms with Gasteiger partial charge >= 0.3 is 0 Å². The molecule has 9 nitrogen and oxygen atoms in total. The molecule has 0 spiro atoms. The van der Waals surface area contributed by atoms with E-state index in [1.807, 2.05) is 6.92 Å². The van der Waals surface area contributed by atoms with Crippen molar-refractivity contribution in [2.45, 2.75) is 32.9 Å². The molecule has 12 heteroatoms. The van der Waals surface area contributed by atoms with Gasteiger partial charge in [0.2, 0.25) is 21.8 Å². The van der Waals surface area contributed by atoms with Gasteiger partial charge in [-0.2, -0.15) is 0 Å². The Morgan fingerprint density at radius 2 is 1.72 bits per heavy atom. The number of carbonyl (C=O) groups excluding carboxylic acids is 2. The van der Waals surface area contributed by atoms with Crippen molar-refractivity contribution < 1.29 is 27.5 Å². The summed E-state index contributed by atoms with van der Waals surface area (Å²) in [4.78, 5) is 27.6. The first-order chi connectivity index (χ1) is 16.9. The maximum atomic E-state index is 13.6. The zero-order valence-electron chi connectivity index (χ0n) is 20.9. The minimum absolute atomic E-state index is 0.0287. The Hall–Kier alpha value is -2.69. The molecule has 0 unspecified atom stereocenters. The molecule has 0 heterocycles. The molecule has 0 aliphatic carbocycles. The number of sulfonamides is 1. The van der Waals surface area contributed by atoms with E-state index in [0.717, 1.165) is 17.0 Å². The van der Waals surface area contributed by atoms with Crippen LogP contribution in [0.2, 0.25) is 10.0 Å². The lowest BCUT2D eigenvalue weighted by Crippen LogP contribution is -2.51. The van der Waals surface area contributed by atoms with Gasteiger partial charge in [-0.15, -0.1) is 0 Å². The average Bonchev–Trinajstić information content (AvgIpc) is 2.83. The van der Waals surface area contributed by atoms with Crippen molar-refractivity contribution in [1.82, 2.24) is 10.2 Å². The van der Waals surface area contributed by atoms with Crippen molar-refractivity contribution in [1.29, 1.82) is 0 Å². The third kappa shape index (κ3) is 7.65. The number of amides is 2. The van der Waals surface area contributed by atoms with Crippen LogP contribution in [-0.4, -0.2) is 64.7 Å². The number of methoxy groups -OCH3 is 2. The number of ether oxygens (including phenoxy) is 2. The topological polar surface area (TPSA) is 105 Å². The van der Waals surface area contributed by atoms with Crippen LogP contribution in [0.4, 0.5) is 5.69 Å². The van der Waals surface area contributed by atoms with E-state index in [-0.39, 0.29) is 18.1 Å². The van der Waals surface area contributed by atoms with E-state index < -0.39 is 28.5 Å². The summed E-state index contributed by atoms with van der Waals surface area (Å²) in [6.45, 7) is 3.35. The second kappa shape index (κ2) is 13.0. The molecule has 0 radical (unpaired) electrons. The lowest BCUT2D eigenvalue weighted by molar-refractivity contribution is -0.139. The number of rotatable bonds is 12. The Balaban J connectivity index is 2.45. The van der Waals surface area contributed by atoms with Gasteiger partial charge in [-0.1, -0.05) is 36.2 Å². The molecule has 0 aromatic heterocycles. The summed E-state index contributed by atoms with van der Waals surface area (Å²) in [6.07, 6.45) is 1.71. The van der Waals surface area contributed by atoms with E-state index in [1.54, 1.807) is 25.1 Å². The highest BCUT2D eigenvalue weighted by Gasteiger charge is 2.30. The number of hydrogen-bond acceptors (Lipinski definition) is 6. The van der Waals surface area contributed by atoms with Crippen LogP contribution in [0.3, 0.4) is 0 Å². The molecule has 0 fully saturated rings. The summed E-state index contributed by atoms with van der Waals surface area (Å²) in [6, 6.07) is 8.43. The van der Waals surface area contributed by atoms with Gasteiger partial charge in [0.1, 0.15) is 12.6 Å². The first kappa shape index (κ1) is 29.5. The van der Waals surface area contributed by atoms with Gasteiger partial charge in [-0.3, -0.25) is 13.9 Å². The highest BCUT2D eigenvalue weighted by molar-refractivity contribution is 7.92. The monoisotopic (exact) mass is 559 g/mol. The third-order valence-electron chi connectivity index (χ3n) is 5.41. The maximum Gasteiger partial charge on any atom is 0.244 e. The normalized spacial score (nSPS) is 12.0. The van der Waals surface area contributed by atoms with Gasteiger partial charge in [0.15, 0.2) is 11.5 Å². The number of hydrogen-bond donors (Lipinski definition) is 1. The van der Waals surface area contributed by atoms with E-state index in [4.69, 9.17) is 32.7 Å². The molecule has 0 aliphatic rings. The molecule has 2 rings (SSSR count). The molecule has 0 aliphatic heterocycles. The van der Waals surface area contributed by atoms with E-state index in [9.17, 15) is 18.0 Å². The average molecular weight is 561 g/mol. The Labute approximate surface area is 222 Å². The van der Waals surface area contributed by atoms with Crippen molar-refractivity contribution in [2.75, 3.05) is 37.9 Å². The molecule has 2 aromatic carbocycles. The van der Waals surface area contributed by atoms with E-state index in [2.05, 4.69) is 5.32 Å². The fraction of sp³-hybridized carbons (Fsp3) is 0.417. The fourth-order valence-electron chi connectivity index (χ4n) is 3.41. The molecule has 36 heavy (non-hydrogen) atoms. The van der Waals surface area contributed by atoms with Crippen molar-refractivity contribution >= 4 is 50.7 Å². The second-order valence-electron chi connectivity index (χ2n) is 8.03. The van der Waals surface area contributed by atoms with Crippen LogP contribution < -0.4 is 19.1 Å². The zero-order valence-corrected chi connectivity index (χ0v) is 23.2. The van der Waals surface area contributed by atoms with Crippen molar-refractivity contribution in [3.63, 3.8) is 0 Å². The molecule has 2 amide bonds.